The third-order valence-corrected chi connectivity index (χ3v) is 3.63. The molecule has 1 unspecified atom stereocenters. The summed E-state index contributed by atoms with van der Waals surface area (Å²) in [5.74, 6) is -0.320. The van der Waals surface area contributed by atoms with E-state index in [-0.39, 0.29) is 11.9 Å². The maximum atomic E-state index is 10.6. The maximum absolute atomic E-state index is 10.6. The summed E-state index contributed by atoms with van der Waals surface area (Å²) in [6.45, 7) is 1.93. The van der Waals surface area contributed by atoms with Crippen molar-refractivity contribution in [2.45, 2.75) is 25.8 Å². The third-order valence-electron chi connectivity index (χ3n) is 1.94. The smallest absolute Gasteiger partial charge is 0.217 e. The van der Waals surface area contributed by atoms with E-state index in [0.717, 1.165) is 14.8 Å². The molecule has 0 saturated heterocycles. The van der Waals surface area contributed by atoms with Gasteiger partial charge in [-0.25, -0.2) is 0 Å². The fourth-order valence-corrected chi connectivity index (χ4v) is 2.36. The first kappa shape index (κ1) is 11.5. The number of amides is 1. The number of thiophene rings is 1. The zero-order valence-corrected chi connectivity index (χ0v) is 9.49. The number of rotatable bonds is 4. The van der Waals surface area contributed by atoms with Gasteiger partial charge >= 0.3 is 0 Å². The number of nitrogens with two attached hydrogens (primary N) is 2. The predicted molar refractivity (Wildman–Crippen MR) is 59.4 cm³/mol. The molecule has 1 rings (SSSR count). The molecule has 0 aromatic carbocycles. The molecule has 0 fully saturated rings. The molecule has 0 aliphatic carbocycles. The van der Waals surface area contributed by atoms with E-state index in [1.807, 2.05) is 13.0 Å². The SMILES string of the molecule is Cc1cc(C(N)CCC(N)=O)sc1Cl. The topological polar surface area (TPSA) is 69.1 Å². The van der Waals surface area contributed by atoms with Crippen LogP contribution in [0, 0.1) is 6.92 Å². The molecule has 78 valence electrons. The third kappa shape index (κ3) is 2.97. The minimum atomic E-state index is -0.320. The van der Waals surface area contributed by atoms with Crippen molar-refractivity contribution in [3.63, 3.8) is 0 Å². The van der Waals surface area contributed by atoms with Crippen LogP contribution in [0.2, 0.25) is 4.34 Å². The van der Waals surface area contributed by atoms with Gasteiger partial charge in [-0.1, -0.05) is 11.6 Å². The number of carbonyl (C=O) groups excluding carboxylic acids is 1. The molecule has 1 aromatic rings. The second-order valence-corrected chi connectivity index (χ2v) is 4.90. The fourth-order valence-electron chi connectivity index (χ4n) is 1.11. The Bertz CT molecular complexity index is 318. The molecule has 0 saturated carbocycles. The molecular weight excluding hydrogens is 220 g/mol. The predicted octanol–water partition coefficient (Wildman–Crippen LogP) is 1.98. The molecule has 0 spiro atoms. The number of primary amides is 1. The molecule has 0 aliphatic rings. The maximum Gasteiger partial charge on any atom is 0.217 e. The monoisotopic (exact) mass is 232 g/mol. The molecule has 0 radical (unpaired) electrons. The second kappa shape index (κ2) is 4.77. The van der Waals surface area contributed by atoms with E-state index in [9.17, 15) is 4.79 Å². The van der Waals surface area contributed by atoms with Gasteiger partial charge in [0, 0.05) is 17.3 Å². The van der Waals surface area contributed by atoms with Gasteiger partial charge in [-0.15, -0.1) is 11.3 Å². The van der Waals surface area contributed by atoms with Gasteiger partial charge in [0.25, 0.3) is 0 Å². The highest BCUT2D eigenvalue weighted by Crippen LogP contribution is 2.31. The Morgan fingerprint density at radius 2 is 2.36 bits per heavy atom. The van der Waals surface area contributed by atoms with Crippen molar-refractivity contribution in [1.29, 1.82) is 0 Å². The highest BCUT2D eigenvalue weighted by atomic mass is 35.5. The van der Waals surface area contributed by atoms with E-state index in [1.165, 1.54) is 11.3 Å². The molecule has 1 heterocycles. The van der Waals surface area contributed by atoms with E-state index in [4.69, 9.17) is 23.1 Å². The van der Waals surface area contributed by atoms with Crippen LogP contribution in [0.4, 0.5) is 0 Å². The lowest BCUT2D eigenvalue weighted by Gasteiger charge is -2.06. The highest BCUT2D eigenvalue weighted by Gasteiger charge is 2.11. The van der Waals surface area contributed by atoms with Crippen LogP contribution in [-0.2, 0) is 4.79 Å². The Labute approximate surface area is 92.0 Å². The van der Waals surface area contributed by atoms with E-state index < -0.39 is 0 Å². The first-order valence-electron chi connectivity index (χ1n) is 4.30. The summed E-state index contributed by atoms with van der Waals surface area (Å²) in [5.41, 5.74) is 11.9. The normalized spacial score (nSPS) is 12.8. The quantitative estimate of drug-likeness (QED) is 0.834. The van der Waals surface area contributed by atoms with Crippen molar-refractivity contribution in [3.05, 3.63) is 20.8 Å². The Balaban J connectivity index is 2.60. The molecule has 0 bridgehead atoms. The van der Waals surface area contributed by atoms with E-state index >= 15 is 0 Å². The van der Waals surface area contributed by atoms with Gasteiger partial charge in [0.05, 0.1) is 4.34 Å². The number of hydrogen-bond acceptors (Lipinski definition) is 3. The number of carbonyl (C=O) groups is 1. The van der Waals surface area contributed by atoms with E-state index in [1.54, 1.807) is 0 Å². The van der Waals surface area contributed by atoms with Crippen molar-refractivity contribution in [1.82, 2.24) is 0 Å². The van der Waals surface area contributed by atoms with Gasteiger partial charge in [0.1, 0.15) is 0 Å². The lowest BCUT2D eigenvalue weighted by Crippen LogP contribution is -2.15. The number of hydrogen-bond donors (Lipinski definition) is 2. The lowest BCUT2D eigenvalue weighted by atomic mass is 10.1. The van der Waals surface area contributed by atoms with E-state index in [2.05, 4.69) is 0 Å². The average Bonchev–Trinajstić information content (AvgIpc) is 2.43. The van der Waals surface area contributed by atoms with Crippen molar-refractivity contribution >= 4 is 28.8 Å². The Morgan fingerprint density at radius 1 is 1.71 bits per heavy atom. The van der Waals surface area contributed by atoms with Gasteiger partial charge in [-0.3, -0.25) is 4.79 Å². The van der Waals surface area contributed by atoms with Gasteiger partial charge in [-0.05, 0) is 25.0 Å². The van der Waals surface area contributed by atoms with Gasteiger partial charge in [0.15, 0.2) is 0 Å². The lowest BCUT2D eigenvalue weighted by molar-refractivity contribution is -0.118. The Kier molecular flexibility index (Phi) is 3.92. The van der Waals surface area contributed by atoms with Gasteiger partial charge < -0.3 is 11.5 Å². The van der Waals surface area contributed by atoms with Crippen molar-refractivity contribution in [3.8, 4) is 0 Å². The van der Waals surface area contributed by atoms with Crippen molar-refractivity contribution in [2.75, 3.05) is 0 Å². The summed E-state index contributed by atoms with van der Waals surface area (Å²) in [5, 5.41) is 0. The molecule has 1 atom stereocenters. The molecule has 1 amide bonds. The van der Waals surface area contributed by atoms with Crippen LogP contribution >= 0.6 is 22.9 Å². The summed E-state index contributed by atoms with van der Waals surface area (Å²) in [6, 6.07) is 1.82. The molecule has 14 heavy (non-hydrogen) atoms. The first-order valence-corrected chi connectivity index (χ1v) is 5.50. The Morgan fingerprint density at radius 3 is 2.79 bits per heavy atom. The number of halogens is 1. The van der Waals surface area contributed by atoms with Crippen LogP contribution in [0.3, 0.4) is 0 Å². The highest BCUT2D eigenvalue weighted by molar-refractivity contribution is 7.16. The van der Waals surface area contributed by atoms with Crippen LogP contribution in [-0.4, -0.2) is 5.91 Å². The zero-order valence-electron chi connectivity index (χ0n) is 7.92. The van der Waals surface area contributed by atoms with Crippen LogP contribution in [0.25, 0.3) is 0 Å². The summed E-state index contributed by atoms with van der Waals surface area (Å²) in [7, 11) is 0. The zero-order chi connectivity index (χ0) is 10.7. The van der Waals surface area contributed by atoms with Crippen LogP contribution in [0.15, 0.2) is 6.07 Å². The van der Waals surface area contributed by atoms with Crippen molar-refractivity contribution < 1.29 is 4.79 Å². The molecule has 4 N–H and O–H groups in total. The number of aryl methyl sites for hydroxylation is 1. The fraction of sp³-hybridized carbons (Fsp3) is 0.444. The minimum Gasteiger partial charge on any atom is -0.370 e. The summed E-state index contributed by atoms with van der Waals surface area (Å²) < 4.78 is 0.759. The molecule has 5 heteroatoms. The largest absolute Gasteiger partial charge is 0.370 e. The van der Waals surface area contributed by atoms with Gasteiger partial charge in [0.2, 0.25) is 5.91 Å². The minimum absolute atomic E-state index is 0.140. The van der Waals surface area contributed by atoms with Crippen molar-refractivity contribution in [2.24, 2.45) is 11.5 Å². The van der Waals surface area contributed by atoms with Crippen LogP contribution in [0.1, 0.15) is 29.3 Å². The van der Waals surface area contributed by atoms with Gasteiger partial charge in [-0.2, -0.15) is 0 Å². The summed E-state index contributed by atoms with van der Waals surface area (Å²) >= 11 is 7.37. The molecular formula is C9H13ClN2OS. The Hall–Kier alpha value is -0.580. The molecule has 3 nitrogen and oxygen atoms in total. The van der Waals surface area contributed by atoms with E-state index in [0.29, 0.717) is 12.8 Å². The van der Waals surface area contributed by atoms with Crippen LogP contribution < -0.4 is 11.5 Å². The molecule has 1 aromatic heterocycles. The standard InChI is InChI=1S/C9H13ClN2OS/c1-5-4-7(14-9(5)10)6(11)2-3-8(12)13/h4,6H,2-3,11H2,1H3,(H2,12,13). The first-order chi connectivity index (χ1) is 6.50. The summed E-state index contributed by atoms with van der Waals surface area (Å²) in [6.07, 6.45) is 0.890. The second-order valence-electron chi connectivity index (χ2n) is 3.22. The van der Waals surface area contributed by atoms with Crippen LogP contribution in [0.5, 0.6) is 0 Å². The average molecular weight is 233 g/mol. The summed E-state index contributed by atoms with van der Waals surface area (Å²) in [4.78, 5) is 11.6. The molecule has 0 aliphatic heterocycles.